The Morgan fingerprint density at radius 1 is 1.25 bits per heavy atom. The van der Waals surface area contributed by atoms with Gasteiger partial charge in [-0.05, 0) is 57.4 Å². The standard InChI is InChI=1S/C16H32N2O2/c1-3-16(13-5-6-13)18-10-14(12(2)20)9-15(11-18)17-7-4-8-19/h12-17,19-20H,3-11H2,1-2H3. The molecule has 0 amide bonds. The van der Waals surface area contributed by atoms with Gasteiger partial charge in [-0.15, -0.1) is 0 Å². The summed E-state index contributed by atoms with van der Waals surface area (Å²) in [5.41, 5.74) is 0. The van der Waals surface area contributed by atoms with Crippen LogP contribution in [0.5, 0.6) is 0 Å². The average molecular weight is 284 g/mol. The normalized spacial score (nSPS) is 31.2. The Kier molecular flexibility index (Phi) is 6.27. The lowest BCUT2D eigenvalue weighted by Gasteiger charge is -2.43. The quantitative estimate of drug-likeness (QED) is 0.587. The van der Waals surface area contributed by atoms with Crippen molar-refractivity contribution in [2.45, 2.75) is 64.1 Å². The van der Waals surface area contributed by atoms with E-state index >= 15 is 0 Å². The molecule has 4 unspecified atom stereocenters. The smallest absolute Gasteiger partial charge is 0.0553 e. The first-order chi connectivity index (χ1) is 9.65. The third kappa shape index (κ3) is 4.42. The summed E-state index contributed by atoms with van der Waals surface area (Å²) in [6.07, 6.45) is 5.64. The Balaban J connectivity index is 1.92. The van der Waals surface area contributed by atoms with Gasteiger partial charge in [0.15, 0.2) is 0 Å². The van der Waals surface area contributed by atoms with Gasteiger partial charge in [-0.1, -0.05) is 6.92 Å². The lowest BCUT2D eigenvalue weighted by atomic mass is 9.88. The number of aliphatic hydroxyl groups excluding tert-OH is 2. The minimum Gasteiger partial charge on any atom is -0.396 e. The maximum Gasteiger partial charge on any atom is 0.0553 e. The number of nitrogens with one attached hydrogen (secondary N) is 1. The number of rotatable bonds is 8. The highest BCUT2D eigenvalue weighted by Gasteiger charge is 2.38. The number of nitrogens with zero attached hydrogens (tertiary/aromatic N) is 1. The van der Waals surface area contributed by atoms with Crippen molar-refractivity contribution in [2.24, 2.45) is 11.8 Å². The summed E-state index contributed by atoms with van der Waals surface area (Å²) in [7, 11) is 0. The molecule has 0 bridgehead atoms. The predicted molar refractivity (Wildman–Crippen MR) is 81.7 cm³/mol. The van der Waals surface area contributed by atoms with E-state index in [-0.39, 0.29) is 12.7 Å². The highest BCUT2D eigenvalue weighted by Crippen LogP contribution is 2.38. The summed E-state index contributed by atoms with van der Waals surface area (Å²) in [4.78, 5) is 2.62. The van der Waals surface area contributed by atoms with E-state index in [1.807, 2.05) is 6.92 Å². The van der Waals surface area contributed by atoms with Crippen LogP contribution in [0.4, 0.5) is 0 Å². The van der Waals surface area contributed by atoms with Gasteiger partial charge in [0, 0.05) is 31.8 Å². The number of hydrogen-bond acceptors (Lipinski definition) is 4. The van der Waals surface area contributed by atoms with E-state index in [2.05, 4.69) is 17.1 Å². The Morgan fingerprint density at radius 3 is 2.55 bits per heavy atom. The maximum absolute atomic E-state index is 10.00. The van der Waals surface area contributed by atoms with Crippen molar-refractivity contribution in [3.05, 3.63) is 0 Å². The summed E-state index contributed by atoms with van der Waals surface area (Å²) in [5.74, 6) is 1.27. The molecule has 20 heavy (non-hydrogen) atoms. The fourth-order valence-electron chi connectivity index (χ4n) is 3.70. The van der Waals surface area contributed by atoms with Crippen LogP contribution in [0.2, 0.25) is 0 Å². The summed E-state index contributed by atoms with van der Waals surface area (Å²) in [6.45, 7) is 7.50. The molecule has 1 saturated heterocycles. The van der Waals surface area contributed by atoms with Crippen LogP contribution in [0, 0.1) is 11.8 Å². The third-order valence-electron chi connectivity index (χ3n) is 5.01. The van der Waals surface area contributed by atoms with Crippen LogP contribution in [0.3, 0.4) is 0 Å². The highest BCUT2D eigenvalue weighted by atomic mass is 16.3. The lowest BCUT2D eigenvalue weighted by Crippen LogP contribution is -2.55. The molecular formula is C16H32N2O2. The van der Waals surface area contributed by atoms with Crippen LogP contribution in [-0.4, -0.2) is 59.5 Å². The first-order valence-corrected chi connectivity index (χ1v) is 8.42. The van der Waals surface area contributed by atoms with Crippen LogP contribution < -0.4 is 5.32 Å². The molecule has 2 aliphatic rings. The zero-order valence-electron chi connectivity index (χ0n) is 13.1. The Morgan fingerprint density at radius 2 is 2.00 bits per heavy atom. The van der Waals surface area contributed by atoms with E-state index < -0.39 is 0 Å². The summed E-state index contributed by atoms with van der Waals surface area (Å²) in [6, 6.07) is 1.17. The Labute approximate surface area is 123 Å². The molecule has 3 N–H and O–H groups in total. The second kappa shape index (κ2) is 7.74. The summed E-state index contributed by atoms with van der Waals surface area (Å²) < 4.78 is 0. The van der Waals surface area contributed by atoms with Crippen molar-refractivity contribution in [1.29, 1.82) is 0 Å². The van der Waals surface area contributed by atoms with E-state index in [1.165, 1.54) is 19.3 Å². The zero-order chi connectivity index (χ0) is 14.5. The molecule has 1 aliphatic heterocycles. The summed E-state index contributed by atoms with van der Waals surface area (Å²) >= 11 is 0. The number of likely N-dealkylation sites (tertiary alicyclic amines) is 1. The van der Waals surface area contributed by atoms with Gasteiger partial charge < -0.3 is 15.5 Å². The average Bonchev–Trinajstić information content (AvgIpc) is 3.24. The maximum atomic E-state index is 10.00. The molecule has 2 rings (SSSR count). The monoisotopic (exact) mass is 284 g/mol. The van der Waals surface area contributed by atoms with E-state index in [9.17, 15) is 5.11 Å². The molecule has 0 aromatic carbocycles. The van der Waals surface area contributed by atoms with Gasteiger partial charge in [0.05, 0.1) is 6.10 Å². The molecular weight excluding hydrogens is 252 g/mol. The van der Waals surface area contributed by atoms with E-state index in [4.69, 9.17) is 5.11 Å². The third-order valence-corrected chi connectivity index (χ3v) is 5.01. The predicted octanol–water partition coefficient (Wildman–Crippen LogP) is 1.22. The van der Waals surface area contributed by atoms with Crippen LogP contribution in [-0.2, 0) is 0 Å². The molecule has 0 aromatic heterocycles. The molecule has 4 heteroatoms. The van der Waals surface area contributed by atoms with Crippen molar-refractivity contribution in [1.82, 2.24) is 10.2 Å². The molecule has 1 saturated carbocycles. The van der Waals surface area contributed by atoms with Gasteiger partial charge in [0.25, 0.3) is 0 Å². The number of hydrogen-bond donors (Lipinski definition) is 3. The van der Waals surface area contributed by atoms with Crippen LogP contribution >= 0.6 is 0 Å². The minimum absolute atomic E-state index is 0.225. The van der Waals surface area contributed by atoms with Crippen LogP contribution in [0.1, 0.15) is 46.0 Å². The molecule has 0 aromatic rings. The van der Waals surface area contributed by atoms with Gasteiger partial charge in [-0.3, -0.25) is 4.90 Å². The molecule has 1 heterocycles. The van der Waals surface area contributed by atoms with Gasteiger partial charge in [-0.25, -0.2) is 0 Å². The number of aliphatic hydroxyl groups is 2. The van der Waals surface area contributed by atoms with Gasteiger partial charge in [-0.2, -0.15) is 0 Å². The molecule has 4 atom stereocenters. The second-order valence-electron chi connectivity index (χ2n) is 6.73. The van der Waals surface area contributed by atoms with Crippen molar-refractivity contribution in [3.63, 3.8) is 0 Å². The highest BCUT2D eigenvalue weighted by molar-refractivity contribution is 4.93. The Bertz CT molecular complexity index is 282. The number of piperidine rings is 1. The van der Waals surface area contributed by atoms with Gasteiger partial charge in [0.1, 0.15) is 0 Å². The molecule has 4 nitrogen and oxygen atoms in total. The van der Waals surface area contributed by atoms with Crippen molar-refractivity contribution < 1.29 is 10.2 Å². The SMILES string of the molecule is CCC(C1CC1)N1CC(NCCCO)CC(C(C)O)C1. The minimum atomic E-state index is -0.225. The van der Waals surface area contributed by atoms with Crippen molar-refractivity contribution >= 4 is 0 Å². The lowest BCUT2D eigenvalue weighted by molar-refractivity contribution is 0.0230. The fourth-order valence-corrected chi connectivity index (χ4v) is 3.70. The van der Waals surface area contributed by atoms with Crippen LogP contribution in [0.15, 0.2) is 0 Å². The van der Waals surface area contributed by atoms with Gasteiger partial charge >= 0.3 is 0 Å². The molecule has 118 valence electrons. The largest absolute Gasteiger partial charge is 0.396 e. The molecule has 0 spiro atoms. The van der Waals surface area contributed by atoms with E-state index in [0.717, 1.165) is 38.4 Å². The topological polar surface area (TPSA) is 55.7 Å². The Hall–Kier alpha value is -0.160. The van der Waals surface area contributed by atoms with Crippen molar-refractivity contribution in [3.8, 4) is 0 Å². The van der Waals surface area contributed by atoms with E-state index in [1.54, 1.807) is 0 Å². The zero-order valence-corrected chi connectivity index (χ0v) is 13.1. The molecule has 1 aliphatic carbocycles. The van der Waals surface area contributed by atoms with Gasteiger partial charge in [0.2, 0.25) is 0 Å². The first-order valence-electron chi connectivity index (χ1n) is 8.42. The summed E-state index contributed by atoms with van der Waals surface area (Å²) in [5, 5.41) is 22.5. The fraction of sp³-hybridized carbons (Fsp3) is 1.00. The second-order valence-corrected chi connectivity index (χ2v) is 6.73. The van der Waals surface area contributed by atoms with Crippen molar-refractivity contribution in [2.75, 3.05) is 26.2 Å². The molecule has 2 fully saturated rings. The van der Waals surface area contributed by atoms with Crippen LogP contribution in [0.25, 0.3) is 0 Å². The molecule has 0 radical (unpaired) electrons. The first kappa shape index (κ1) is 16.2. The van der Waals surface area contributed by atoms with E-state index in [0.29, 0.717) is 18.0 Å².